The fraction of sp³-hybridized carbons (Fsp3) is 0.273. The Bertz CT molecular complexity index is 1270. The van der Waals surface area contributed by atoms with Crippen LogP contribution in [0.15, 0.2) is 47.3 Å². The Morgan fingerprint density at radius 1 is 1.09 bits per heavy atom. The van der Waals surface area contributed by atoms with E-state index in [2.05, 4.69) is 65.3 Å². The minimum Gasteiger partial charge on any atom is -0.418 e. The molecule has 33 heavy (non-hydrogen) atoms. The maximum Gasteiger partial charge on any atom is 0.298 e. The monoisotopic (exact) mass is 443 g/mol. The van der Waals surface area contributed by atoms with Crippen LogP contribution < -0.4 is 15.5 Å². The third kappa shape index (κ3) is 3.88. The van der Waals surface area contributed by atoms with Crippen molar-refractivity contribution >= 4 is 23.6 Å². The van der Waals surface area contributed by atoms with Crippen molar-refractivity contribution in [2.24, 2.45) is 0 Å². The molecule has 0 bridgehead atoms. The van der Waals surface area contributed by atoms with Gasteiger partial charge in [0.25, 0.3) is 11.9 Å². The summed E-state index contributed by atoms with van der Waals surface area (Å²) in [6, 6.07) is 9.07. The van der Waals surface area contributed by atoms with Crippen molar-refractivity contribution in [3.63, 3.8) is 0 Å². The van der Waals surface area contributed by atoms with Crippen LogP contribution in [-0.2, 0) is 25.8 Å². The number of benzene rings is 1. The largest absolute Gasteiger partial charge is 0.418 e. The average Bonchev–Trinajstić information content (AvgIpc) is 3.58. The third-order valence-electron chi connectivity index (χ3n) is 5.96. The van der Waals surface area contributed by atoms with Crippen molar-refractivity contribution in [2.45, 2.75) is 31.8 Å². The highest BCUT2D eigenvalue weighted by atomic mass is 16.4. The Balaban J connectivity index is 1.06. The van der Waals surface area contributed by atoms with Gasteiger partial charge in [-0.1, -0.05) is 29.5 Å². The van der Waals surface area contributed by atoms with Gasteiger partial charge in [-0.2, -0.15) is 0 Å². The van der Waals surface area contributed by atoms with Gasteiger partial charge in [0.15, 0.2) is 0 Å². The molecule has 3 N–H and O–H groups in total. The topological polar surface area (TPSA) is 138 Å². The molecule has 3 aromatic heterocycles. The molecule has 11 heteroatoms. The number of hydrogen-bond acceptors (Lipinski definition) is 9. The van der Waals surface area contributed by atoms with E-state index in [4.69, 9.17) is 4.42 Å². The fourth-order valence-corrected chi connectivity index (χ4v) is 4.29. The van der Waals surface area contributed by atoms with Crippen molar-refractivity contribution in [1.82, 2.24) is 30.4 Å². The van der Waals surface area contributed by atoms with E-state index in [9.17, 15) is 4.79 Å². The molecular formula is C22H21N9O2. The Kier molecular flexibility index (Phi) is 4.71. The fourth-order valence-electron chi connectivity index (χ4n) is 4.29. The van der Waals surface area contributed by atoms with Gasteiger partial charge in [0.2, 0.25) is 11.7 Å². The first-order chi connectivity index (χ1) is 16.2. The Morgan fingerprint density at radius 3 is 2.67 bits per heavy atom. The van der Waals surface area contributed by atoms with Crippen molar-refractivity contribution in [2.75, 3.05) is 22.1 Å². The number of amides is 1. The lowest BCUT2D eigenvalue weighted by molar-refractivity contribution is 0.0997. The molecule has 0 fully saturated rings. The van der Waals surface area contributed by atoms with Crippen LogP contribution in [0.3, 0.4) is 0 Å². The molecule has 1 aromatic carbocycles. The van der Waals surface area contributed by atoms with E-state index >= 15 is 0 Å². The lowest BCUT2D eigenvalue weighted by Crippen LogP contribution is -2.30. The summed E-state index contributed by atoms with van der Waals surface area (Å²) in [7, 11) is 0. The van der Waals surface area contributed by atoms with Crippen LogP contribution >= 0.6 is 0 Å². The molecule has 11 nitrogen and oxygen atoms in total. The molecule has 1 aliphatic heterocycles. The number of aromatic amines is 1. The maximum atomic E-state index is 12.6. The summed E-state index contributed by atoms with van der Waals surface area (Å²) in [5.41, 5.74) is 5.07. The lowest BCUT2D eigenvalue weighted by atomic mass is 10.1. The second kappa shape index (κ2) is 8.01. The first-order valence-electron chi connectivity index (χ1n) is 10.8. The summed E-state index contributed by atoms with van der Waals surface area (Å²) in [5.74, 6) is 0.232. The van der Waals surface area contributed by atoms with E-state index in [0.717, 1.165) is 30.7 Å². The third-order valence-corrected chi connectivity index (χ3v) is 5.96. The van der Waals surface area contributed by atoms with Crippen LogP contribution in [0.1, 0.15) is 33.1 Å². The van der Waals surface area contributed by atoms with Crippen molar-refractivity contribution in [3.8, 4) is 0 Å². The van der Waals surface area contributed by atoms with Crippen molar-refractivity contribution < 1.29 is 9.21 Å². The number of carbonyl (C=O) groups excluding carboxylic acids is 1. The summed E-state index contributed by atoms with van der Waals surface area (Å²) in [5, 5.41) is 16.9. The lowest BCUT2D eigenvalue weighted by Gasteiger charge is -2.23. The van der Waals surface area contributed by atoms with Crippen LogP contribution in [-0.4, -0.2) is 48.9 Å². The number of rotatable bonds is 5. The highest BCUT2D eigenvalue weighted by Crippen LogP contribution is 2.24. The summed E-state index contributed by atoms with van der Waals surface area (Å²) < 4.78 is 5.68. The normalized spacial score (nSPS) is 15.2. The number of nitrogens with zero attached hydrogens (tertiary/aromatic N) is 6. The van der Waals surface area contributed by atoms with Gasteiger partial charge in [-0.15, -0.1) is 5.10 Å². The minimum absolute atomic E-state index is 0.113. The average molecular weight is 443 g/mol. The molecule has 166 valence electrons. The molecular weight excluding hydrogens is 422 g/mol. The van der Waals surface area contributed by atoms with E-state index in [1.54, 1.807) is 12.4 Å². The van der Waals surface area contributed by atoms with Crippen LogP contribution in [0.2, 0.25) is 0 Å². The molecule has 0 saturated carbocycles. The number of oxazole rings is 1. The highest BCUT2D eigenvalue weighted by Gasteiger charge is 2.24. The summed E-state index contributed by atoms with van der Waals surface area (Å²) >= 11 is 0. The standard InChI is InChI=1S/C22H21N9O2/c32-20(19-11-25-22(33-19)31-6-5-17-18(12-31)29-30-28-17)26-16-9-23-21(24-10-16)27-15-7-13-3-1-2-4-14(13)8-15/h1-4,9-11,15H,5-8,12H2,(H,26,32)(H,23,24,27)(H,28,29,30). The number of anilines is 3. The Morgan fingerprint density at radius 2 is 1.88 bits per heavy atom. The quantitative estimate of drug-likeness (QED) is 0.423. The number of aromatic nitrogens is 6. The first kappa shape index (κ1) is 19.4. The van der Waals surface area contributed by atoms with E-state index in [-0.39, 0.29) is 11.8 Å². The van der Waals surface area contributed by atoms with Gasteiger partial charge in [0, 0.05) is 19.0 Å². The van der Waals surface area contributed by atoms with E-state index in [1.165, 1.54) is 17.3 Å². The number of fused-ring (bicyclic) bond motifs is 2. The molecule has 0 radical (unpaired) electrons. The number of H-pyrrole nitrogens is 1. The van der Waals surface area contributed by atoms with Crippen LogP contribution in [0.5, 0.6) is 0 Å². The predicted octanol–water partition coefficient (Wildman–Crippen LogP) is 1.98. The van der Waals surface area contributed by atoms with Crippen LogP contribution in [0.4, 0.5) is 17.7 Å². The first-order valence-corrected chi connectivity index (χ1v) is 10.8. The van der Waals surface area contributed by atoms with Gasteiger partial charge < -0.3 is 20.0 Å². The van der Waals surface area contributed by atoms with Crippen molar-refractivity contribution in [1.29, 1.82) is 0 Å². The van der Waals surface area contributed by atoms with Gasteiger partial charge in [-0.3, -0.25) is 9.89 Å². The molecule has 1 amide bonds. The molecule has 0 unspecified atom stereocenters. The molecule has 0 atom stereocenters. The number of carbonyl (C=O) groups is 1. The van der Waals surface area contributed by atoms with E-state index < -0.39 is 5.91 Å². The Labute approximate surface area is 188 Å². The maximum absolute atomic E-state index is 12.6. The zero-order valence-electron chi connectivity index (χ0n) is 17.7. The molecule has 2 aliphatic rings. The number of nitrogens with one attached hydrogen (secondary N) is 3. The van der Waals surface area contributed by atoms with E-state index in [1.807, 2.05) is 4.90 Å². The van der Waals surface area contributed by atoms with Crippen LogP contribution in [0, 0.1) is 0 Å². The van der Waals surface area contributed by atoms with Gasteiger partial charge in [0.05, 0.1) is 36.5 Å². The predicted molar refractivity (Wildman–Crippen MR) is 119 cm³/mol. The molecule has 4 aromatic rings. The summed E-state index contributed by atoms with van der Waals surface area (Å²) in [6.07, 6.45) is 7.21. The van der Waals surface area contributed by atoms with Gasteiger partial charge in [-0.05, 0) is 24.0 Å². The summed E-state index contributed by atoms with van der Waals surface area (Å²) in [6.45, 7) is 1.23. The smallest absolute Gasteiger partial charge is 0.298 e. The molecule has 4 heterocycles. The summed E-state index contributed by atoms with van der Waals surface area (Å²) in [4.78, 5) is 27.4. The zero-order chi connectivity index (χ0) is 22.2. The molecule has 0 spiro atoms. The molecule has 6 rings (SSSR count). The van der Waals surface area contributed by atoms with E-state index in [0.29, 0.717) is 30.7 Å². The van der Waals surface area contributed by atoms with Crippen LogP contribution in [0.25, 0.3) is 0 Å². The number of hydrogen-bond donors (Lipinski definition) is 3. The zero-order valence-corrected chi connectivity index (χ0v) is 17.7. The van der Waals surface area contributed by atoms with Gasteiger partial charge in [0.1, 0.15) is 5.69 Å². The molecule has 0 saturated heterocycles. The van der Waals surface area contributed by atoms with Gasteiger partial charge in [-0.25, -0.2) is 15.0 Å². The SMILES string of the molecule is O=C(Nc1cnc(NC2Cc3ccccc3C2)nc1)c1cnc(N2CCc3[nH]nnc3C2)o1. The second-order valence-corrected chi connectivity index (χ2v) is 8.18. The minimum atomic E-state index is -0.413. The molecule has 1 aliphatic carbocycles. The van der Waals surface area contributed by atoms with Crippen molar-refractivity contribution in [3.05, 3.63) is 71.1 Å². The van der Waals surface area contributed by atoms with Gasteiger partial charge >= 0.3 is 0 Å². The Hall–Kier alpha value is -4.28. The highest BCUT2D eigenvalue weighted by molar-refractivity contribution is 6.02. The second-order valence-electron chi connectivity index (χ2n) is 8.18.